The molecule has 0 aromatic rings. The molecule has 224 valence electrons. The standard InChI is InChI=1S/C35H72O2/c1-6-8-10-12-14-16-18-20-22-24-26-28-30-36-33-34(32-35(3,4)5)37-31-29-27-25-23-21-19-17-15-13-11-9-7-2/h34H,6-33H2,1-5H3. The van der Waals surface area contributed by atoms with Crippen LogP contribution in [0.3, 0.4) is 0 Å². The van der Waals surface area contributed by atoms with Gasteiger partial charge in [-0.3, -0.25) is 0 Å². The van der Waals surface area contributed by atoms with Crippen molar-refractivity contribution >= 4 is 0 Å². The molecule has 0 amide bonds. The molecule has 2 heteroatoms. The molecule has 2 nitrogen and oxygen atoms in total. The van der Waals surface area contributed by atoms with Crippen LogP contribution in [0.4, 0.5) is 0 Å². The zero-order valence-corrected chi connectivity index (χ0v) is 26.7. The molecule has 0 saturated heterocycles. The Hall–Kier alpha value is -0.0800. The van der Waals surface area contributed by atoms with Crippen molar-refractivity contribution in [2.75, 3.05) is 19.8 Å². The highest BCUT2D eigenvalue weighted by Gasteiger charge is 2.19. The predicted octanol–water partition coefficient (Wildman–Crippen LogP) is 12.2. The van der Waals surface area contributed by atoms with Crippen molar-refractivity contribution in [1.29, 1.82) is 0 Å². The summed E-state index contributed by atoms with van der Waals surface area (Å²) in [4.78, 5) is 0. The summed E-state index contributed by atoms with van der Waals surface area (Å²) in [7, 11) is 0. The van der Waals surface area contributed by atoms with Gasteiger partial charge in [-0.15, -0.1) is 0 Å². The Morgan fingerprint density at radius 2 is 0.757 bits per heavy atom. The van der Waals surface area contributed by atoms with Crippen molar-refractivity contribution in [2.45, 2.75) is 201 Å². The predicted molar refractivity (Wildman–Crippen MR) is 167 cm³/mol. The number of rotatable bonds is 30. The molecule has 0 saturated carbocycles. The van der Waals surface area contributed by atoms with Gasteiger partial charge in [-0.1, -0.05) is 176 Å². The van der Waals surface area contributed by atoms with Crippen molar-refractivity contribution in [1.82, 2.24) is 0 Å². The van der Waals surface area contributed by atoms with Gasteiger partial charge in [-0.25, -0.2) is 0 Å². The van der Waals surface area contributed by atoms with Gasteiger partial charge < -0.3 is 9.47 Å². The van der Waals surface area contributed by atoms with E-state index in [1.165, 1.54) is 154 Å². The molecule has 0 aromatic carbocycles. The summed E-state index contributed by atoms with van der Waals surface area (Å²) in [5.41, 5.74) is 0.292. The summed E-state index contributed by atoms with van der Waals surface area (Å²) in [6.07, 6.45) is 34.8. The van der Waals surface area contributed by atoms with Gasteiger partial charge >= 0.3 is 0 Å². The molecule has 0 fully saturated rings. The van der Waals surface area contributed by atoms with Gasteiger partial charge in [0.05, 0.1) is 12.7 Å². The average Bonchev–Trinajstić information content (AvgIpc) is 2.86. The Morgan fingerprint density at radius 3 is 1.11 bits per heavy atom. The fraction of sp³-hybridized carbons (Fsp3) is 1.00. The van der Waals surface area contributed by atoms with E-state index in [1.54, 1.807) is 0 Å². The monoisotopic (exact) mass is 525 g/mol. The molecule has 0 bridgehead atoms. The first-order valence-electron chi connectivity index (χ1n) is 17.2. The van der Waals surface area contributed by atoms with Crippen molar-refractivity contribution in [3.8, 4) is 0 Å². The Bertz CT molecular complexity index is 414. The van der Waals surface area contributed by atoms with E-state index < -0.39 is 0 Å². The lowest BCUT2D eigenvalue weighted by molar-refractivity contribution is -0.0363. The molecule has 0 aromatic heterocycles. The second-order valence-corrected chi connectivity index (χ2v) is 13.1. The summed E-state index contributed by atoms with van der Waals surface area (Å²) >= 11 is 0. The SMILES string of the molecule is CCCCCCCCCCCCCCOCC(CC(C)(C)C)OCCCCCCCCCCCCCC. The average molecular weight is 525 g/mol. The first kappa shape index (κ1) is 36.9. The minimum atomic E-state index is 0.255. The van der Waals surface area contributed by atoms with Crippen LogP contribution in [0.25, 0.3) is 0 Å². The third-order valence-electron chi connectivity index (χ3n) is 7.64. The molecule has 0 radical (unpaired) electrons. The van der Waals surface area contributed by atoms with Gasteiger partial charge in [-0.05, 0) is 24.7 Å². The zero-order chi connectivity index (χ0) is 27.3. The summed E-state index contributed by atoms with van der Waals surface area (Å²) in [5, 5.41) is 0. The summed E-state index contributed by atoms with van der Waals surface area (Å²) in [5.74, 6) is 0. The number of ether oxygens (including phenoxy) is 2. The Labute approximate surface area is 235 Å². The van der Waals surface area contributed by atoms with E-state index in [-0.39, 0.29) is 6.10 Å². The molecule has 0 aliphatic rings. The van der Waals surface area contributed by atoms with E-state index in [9.17, 15) is 0 Å². The molecular formula is C35H72O2. The van der Waals surface area contributed by atoms with Gasteiger partial charge in [-0.2, -0.15) is 0 Å². The van der Waals surface area contributed by atoms with Crippen LogP contribution in [-0.4, -0.2) is 25.9 Å². The van der Waals surface area contributed by atoms with Crippen LogP contribution in [0.15, 0.2) is 0 Å². The molecular weight excluding hydrogens is 452 g/mol. The molecule has 0 spiro atoms. The maximum absolute atomic E-state index is 6.30. The maximum atomic E-state index is 6.30. The van der Waals surface area contributed by atoms with Gasteiger partial charge in [0.25, 0.3) is 0 Å². The fourth-order valence-electron chi connectivity index (χ4n) is 5.30. The van der Waals surface area contributed by atoms with E-state index in [1.807, 2.05) is 0 Å². The Morgan fingerprint density at radius 1 is 0.432 bits per heavy atom. The molecule has 37 heavy (non-hydrogen) atoms. The van der Waals surface area contributed by atoms with E-state index in [0.29, 0.717) is 5.41 Å². The highest BCUT2D eigenvalue weighted by Crippen LogP contribution is 2.23. The van der Waals surface area contributed by atoms with Crippen LogP contribution in [0, 0.1) is 5.41 Å². The van der Waals surface area contributed by atoms with E-state index in [0.717, 1.165) is 26.2 Å². The van der Waals surface area contributed by atoms with Gasteiger partial charge in [0.2, 0.25) is 0 Å². The van der Waals surface area contributed by atoms with Crippen LogP contribution in [0.1, 0.15) is 195 Å². The van der Waals surface area contributed by atoms with Crippen molar-refractivity contribution in [3.05, 3.63) is 0 Å². The van der Waals surface area contributed by atoms with Gasteiger partial charge in [0, 0.05) is 13.2 Å². The van der Waals surface area contributed by atoms with Gasteiger partial charge in [0.1, 0.15) is 0 Å². The molecule has 0 rings (SSSR count). The normalized spacial score (nSPS) is 12.9. The lowest BCUT2D eigenvalue weighted by Crippen LogP contribution is -2.26. The smallest absolute Gasteiger partial charge is 0.0813 e. The second-order valence-electron chi connectivity index (χ2n) is 13.1. The molecule has 1 unspecified atom stereocenters. The number of hydrogen-bond acceptors (Lipinski definition) is 2. The van der Waals surface area contributed by atoms with Crippen molar-refractivity contribution in [2.24, 2.45) is 5.41 Å². The molecule has 0 aliphatic heterocycles. The lowest BCUT2D eigenvalue weighted by atomic mass is 9.89. The minimum Gasteiger partial charge on any atom is -0.379 e. The first-order chi connectivity index (χ1) is 18.0. The maximum Gasteiger partial charge on any atom is 0.0813 e. The van der Waals surface area contributed by atoms with E-state index in [2.05, 4.69) is 34.6 Å². The van der Waals surface area contributed by atoms with Crippen LogP contribution in [-0.2, 0) is 9.47 Å². The Balaban J connectivity index is 3.61. The van der Waals surface area contributed by atoms with Crippen LogP contribution in [0.2, 0.25) is 0 Å². The highest BCUT2D eigenvalue weighted by molar-refractivity contribution is 4.69. The van der Waals surface area contributed by atoms with Crippen molar-refractivity contribution in [3.63, 3.8) is 0 Å². The number of unbranched alkanes of at least 4 members (excludes halogenated alkanes) is 22. The quantitative estimate of drug-likeness (QED) is 0.0870. The highest BCUT2D eigenvalue weighted by atomic mass is 16.5. The fourth-order valence-corrected chi connectivity index (χ4v) is 5.30. The lowest BCUT2D eigenvalue weighted by Gasteiger charge is -2.26. The van der Waals surface area contributed by atoms with Crippen molar-refractivity contribution < 1.29 is 9.47 Å². The van der Waals surface area contributed by atoms with Crippen LogP contribution in [0.5, 0.6) is 0 Å². The first-order valence-corrected chi connectivity index (χ1v) is 17.2. The molecule has 1 atom stereocenters. The largest absolute Gasteiger partial charge is 0.379 e. The summed E-state index contributed by atoms with van der Waals surface area (Å²) < 4.78 is 12.4. The van der Waals surface area contributed by atoms with Crippen LogP contribution < -0.4 is 0 Å². The zero-order valence-electron chi connectivity index (χ0n) is 26.7. The summed E-state index contributed by atoms with van der Waals surface area (Å²) in [6, 6.07) is 0. The number of hydrogen-bond donors (Lipinski definition) is 0. The van der Waals surface area contributed by atoms with E-state index >= 15 is 0 Å². The molecule has 0 heterocycles. The second kappa shape index (κ2) is 28.9. The topological polar surface area (TPSA) is 18.5 Å². The third kappa shape index (κ3) is 32.0. The molecule has 0 N–H and O–H groups in total. The molecule has 0 aliphatic carbocycles. The van der Waals surface area contributed by atoms with E-state index in [4.69, 9.17) is 9.47 Å². The van der Waals surface area contributed by atoms with Gasteiger partial charge in [0.15, 0.2) is 0 Å². The summed E-state index contributed by atoms with van der Waals surface area (Å²) in [6.45, 7) is 14.1. The van der Waals surface area contributed by atoms with Crippen LogP contribution >= 0.6 is 0 Å². The minimum absolute atomic E-state index is 0.255. The third-order valence-corrected chi connectivity index (χ3v) is 7.64. The Kier molecular flexibility index (Phi) is 28.9.